The molecule has 0 amide bonds. The van der Waals surface area contributed by atoms with E-state index in [4.69, 9.17) is 0 Å². The monoisotopic (exact) mass is 340 g/mol. The first kappa shape index (κ1) is 16.0. The average Bonchev–Trinajstić information content (AvgIpc) is 3.25. The molecule has 25 heavy (non-hydrogen) atoms. The van der Waals surface area contributed by atoms with Crippen molar-refractivity contribution in [3.8, 4) is 11.3 Å². The second kappa shape index (κ2) is 6.76. The van der Waals surface area contributed by atoms with Crippen LogP contribution in [-0.4, -0.2) is 43.0 Å². The third kappa shape index (κ3) is 3.32. The van der Waals surface area contributed by atoms with Gasteiger partial charge >= 0.3 is 0 Å². The maximum absolute atomic E-state index is 13.5. The van der Waals surface area contributed by atoms with Crippen molar-refractivity contribution < 1.29 is 4.39 Å². The quantitative estimate of drug-likeness (QED) is 0.793. The number of hydrogen-bond donors (Lipinski definition) is 1. The van der Waals surface area contributed by atoms with Gasteiger partial charge in [-0.3, -0.25) is 10.00 Å². The van der Waals surface area contributed by atoms with Crippen LogP contribution < -0.4 is 0 Å². The second-order valence-corrected chi connectivity index (χ2v) is 6.63. The molecule has 0 radical (unpaired) electrons. The van der Waals surface area contributed by atoms with Crippen molar-refractivity contribution >= 4 is 0 Å². The van der Waals surface area contributed by atoms with Crippen molar-refractivity contribution in [2.45, 2.75) is 25.3 Å². The number of H-pyrrole nitrogens is 1. The maximum Gasteiger partial charge on any atom is 0.135 e. The van der Waals surface area contributed by atoms with Gasteiger partial charge in [0.05, 0.1) is 11.9 Å². The van der Waals surface area contributed by atoms with Crippen LogP contribution in [0.1, 0.15) is 30.1 Å². The minimum absolute atomic E-state index is 0.234. The lowest BCUT2D eigenvalue weighted by molar-refractivity contribution is 0.200. The molecular weight excluding hydrogens is 319 g/mol. The van der Waals surface area contributed by atoms with Gasteiger partial charge in [-0.05, 0) is 38.1 Å². The molecule has 1 aliphatic heterocycles. The molecule has 3 aromatic rings. The summed E-state index contributed by atoms with van der Waals surface area (Å²) < 4.78 is 15.5. The third-order valence-corrected chi connectivity index (χ3v) is 4.92. The molecule has 2 aromatic heterocycles. The normalized spacial score (nSPS) is 16.4. The van der Waals surface area contributed by atoms with Crippen molar-refractivity contribution in [1.82, 2.24) is 29.9 Å². The predicted octanol–water partition coefficient (Wildman–Crippen LogP) is 2.72. The van der Waals surface area contributed by atoms with Crippen molar-refractivity contribution in [3.05, 3.63) is 54.0 Å². The van der Waals surface area contributed by atoms with Gasteiger partial charge in [0.25, 0.3) is 0 Å². The second-order valence-electron chi connectivity index (χ2n) is 6.63. The lowest BCUT2D eigenvalue weighted by atomic mass is 9.95. The molecule has 0 spiro atoms. The average molecular weight is 340 g/mol. The first-order chi connectivity index (χ1) is 12.2. The summed E-state index contributed by atoms with van der Waals surface area (Å²) in [6.07, 6.45) is 5.74. The van der Waals surface area contributed by atoms with Gasteiger partial charge < -0.3 is 4.57 Å². The molecule has 0 bridgehead atoms. The number of rotatable bonds is 4. The van der Waals surface area contributed by atoms with E-state index in [-0.39, 0.29) is 5.82 Å². The van der Waals surface area contributed by atoms with Gasteiger partial charge in [-0.15, -0.1) is 10.2 Å². The van der Waals surface area contributed by atoms with Crippen LogP contribution in [0.15, 0.2) is 36.8 Å². The summed E-state index contributed by atoms with van der Waals surface area (Å²) in [6, 6.07) is 6.62. The Morgan fingerprint density at radius 2 is 2.12 bits per heavy atom. The van der Waals surface area contributed by atoms with Crippen molar-refractivity contribution in [2.24, 2.45) is 7.05 Å². The molecular formula is C18H21FN6. The highest BCUT2D eigenvalue weighted by atomic mass is 19.1. The number of aromatic nitrogens is 5. The third-order valence-electron chi connectivity index (χ3n) is 4.92. The van der Waals surface area contributed by atoms with E-state index < -0.39 is 0 Å². The van der Waals surface area contributed by atoms with Crippen molar-refractivity contribution in [2.75, 3.05) is 13.1 Å². The Morgan fingerprint density at radius 3 is 2.84 bits per heavy atom. The predicted molar refractivity (Wildman–Crippen MR) is 92.2 cm³/mol. The number of nitrogens with zero attached hydrogens (tertiary/aromatic N) is 5. The number of halogens is 1. The van der Waals surface area contributed by atoms with Crippen LogP contribution in [0.5, 0.6) is 0 Å². The number of nitrogens with one attached hydrogen (secondary N) is 1. The summed E-state index contributed by atoms with van der Waals surface area (Å²) in [7, 11) is 2.00. The minimum atomic E-state index is -0.234. The van der Waals surface area contributed by atoms with Gasteiger partial charge in [0.2, 0.25) is 0 Å². The zero-order valence-electron chi connectivity index (χ0n) is 14.2. The van der Waals surface area contributed by atoms with E-state index in [1.807, 2.05) is 23.9 Å². The van der Waals surface area contributed by atoms with Gasteiger partial charge in [-0.25, -0.2) is 4.39 Å². The van der Waals surface area contributed by atoms with E-state index in [2.05, 4.69) is 25.3 Å². The van der Waals surface area contributed by atoms with E-state index in [1.54, 1.807) is 12.4 Å². The lowest BCUT2D eigenvalue weighted by Gasteiger charge is -2.31. The highest BCUT2D eigenvalue weighted by Crippen LogP contribution is 2.28. The van der Waals surface area contributed by atoms with E-state index in [0.29, 0.717) is 5.92 Å². The van der Waals surface area contributed by atoms with Gasteiger partial charge in [0.1, 0.15) is 18.0 Å². The van der Waals surface area contributed by atoms with Crippen LogP contribution in [0.25, 0.3) is 11.3 Å². The van der Waals surface area contributed by atoms with Crippen LogP contribution in [0.4, 0.5) is 4.39 Å². The fourth-order valence-electron chi connectivity index (χ4n) is 3.58. The van der Waals surface area contributed by atoms with E-state index in [9.17, 15) is 4.39 Å². The molecule has 3 heterocycles. The van der Waals surface area contributed by atoms with Crippen LogP contribution in [0.3, 0.4) is 0 Å². The standard InChI is InChI=1S/C18H21FN6/c1-24-12-21-23-18(24)13-5-7-25(8-6-13)11-15-10-20-22-17(15)14-3-2-4-16(19)9-14/h2-4,9-10,12-13H,5-8,11H2,1H3,(H,20,22). The van der Waals surface area contributed by atoms with E-state index in [0.717, 1.165) is 55.1 Å². The van der Waals surface area contributed by atoms with Crippen LogP contribution >= 0.6 is 0 Å². The highest BCUT2D eigenvalue weighted by molar-refractivity contribution is 5.62. The summed E-state index contributed by atoms with van der Waals surface area (Å²) in [5.74, 6) is 1.31. The number of aromatic amines is 1. The Kier molecular flexibility index (Phi) is 4.31. The number of likely N-dealkylation sites (tertiary alicyclic amines) is 1. The van der Waals surface area contributed by atoms with Crippen LogP contribution in [0, 0.1) is 5.82 Å². The zero-order chi connectivity index (χ0) is 17.2. The first-order valence-corrected chi connectivity index (χ1v) is 8.55. The van der Waals surface area contributed by atoms with Crippen LogP contribution in [-0.2, 0) is 13.6 Å². The number of benzene rings is 1. The number of aryl methyl sites for hydroxylation is 1. The van der Waals surface area contributed by atoms with Crippen molar-refractivity contribution in [3.63, 3.8) is 0 Å². The van der Waals surface area contributed by atoms with Gasteiger partial charge in [-0.2, -0.15) is 5.10 Å². The lowest BCUT2D eigenvalue weighted by Crippen LogP contribution is -2.33. The smallest absolute Gasteiger partial charge is 0.135 e. The Hall–Kier alpha value is -2.54. The first-order valence-electron chi connectivity index (χ1n) is 8.55. The summed E-state index contributed by atoms with van der Waals surface area (Å²) >= 11 is 0. The SMILES string of the molecule is Cn1cnnc1C1CCN(Cc2cn[nH]c2-c2cccc(F)c2)CC1. The number of piperidine rings is 1. The van der Waals surface area contributed by atoms with Gasteiger partial charge in [0, 0.05) is 30.6 Å². The van der Waals surface area contributed by atoms with Gasteiger partial charge in [0.15, 0.2) is 0 Å². The van der Waals surface area contributed by atoms with Gasteiger partial charge in [-0.1, -0.05) is 12.1 Å². The zero-order valence-corrected chi connectivity index (χ0v) is 14.2. The molecule has 0 aliphatic carbocycles. The molecule has 1 saturated heterocycles. The topological polar surface area (TPSA) is 62.6 Å². The summed E-state index contributed by atoms with van der Waals surface area (Å²) in [5.41, 5.74) is 2.83. The molecule has 6 nitrogen and oxygen atoms in total. The number of hydrogen-bond acceptors (Lipinski definition) is 4. The molecule has 1 N–H and O–H groups in total. The Balaban J connectivity index is 1.43. The minimum Gasteiger partial charge on any atom is -0.320 e. The molecule has 1 fully saturated rings. The molecule has 0 atom stereocenters. The highest BCUT2D eigenvalue weighted by Gasteiger charge is 2.24. The molecule has 7 heteroatoms. The summed E-state index contributed by atoms with van der Waals surface area (Å²) in [6.45, 7) is 2.82. The van der Waals surface area contributed by atoms with E-state index in [1.165, 1.54) is 12.1 Å². The maximum atomic E-state index is 13.5. The fraction of sp³-hybridized carbons (Fsp3) is 0.389. The van der Waals surface area contributed by atoms with Crippen LogP contribution in [0.2, 0.25) is 0 Å². The molecule has 1 aromatic carbocycles. The Morgan fingerprint density at radius 1 is 1.28 bits per heavy atom. The molecule has 0 unspecified atom stereocenters. The molecule has 130 valence electrons. The summed E-state index contributed by atoms with van der Waals surface area (Å²) in [5, 5.41) is 15.4. The van der Waals surface area contributed by atoms with E-state index >= 15 is 0 Å². The Bertz CT molecular complexity index is 847. The summed E-state index contributed by atoms with van der Waals surface area (Å²) in [4.78, 5) is 2.42. The Labute approximate surface area is 145 Å². The molecule has 4 rings (SSSR count). The molecule has 0 saturated carbocycles. The van der Waals surface area contributed by atoms with Crippen molar-refractivity contribution in [1.29, 1.82) is 0 Å². The fourth-order valence-corrected chi connectivity index (χ4v) is 3.58. The largest absolute Gasteiger partial charge is 0.320 e. The molecule has 1 aliphatic rings.